The first-order valence-corrected chi connectivity index (χ1v) is 7.35. The van der Waals surface area contributed by atoms with Crippen LogP contribution >= 0.6 is 15.9 Å². The van der Waals surface area contributed by atoms with E-state index < -0.39 is 0 Å². The average molecular weight is 341 g/mol. The molecule has 0 N–H and O–H groups in total. The maximum absolute atomic E-state index is 5.76. The molecule has 0 aliphatic heterocycles. The molecule has 104 valence electrons. The summed E-state index contributed by atoms with van der Waals surface area (Å²) < 4.78 is 12.5. The number of halogens is 1. The molecule has 0 radical (unpaired) electrons. The van der Waals surface area contributed by atoms with Gasteiger partial charge in [-0.1, -0.05) is 34.1 Å². The largest absolute Gasteiger partial charge is 0.457 e. The van der Waals surface area contributed by atoms with Crippen molar-refractivity contribution in [3.8, 4) is 23.0 Å². The maximum atomic E-state index is 5.76. The second-order valence-electron chi connectivity index (χ2n) is 4.44. The summed E-state index contributed by atoms with van der Waals surface area (Å²) in [6, 6.07) is 25.0. The van der Waals surface area contributed by atoms with Crippen molar-refractivity contribution in [1.29, 1.82) is 0 Å². The zero-order valence-corrected chi connectivity index (χ0v) is 12.8. The van der Waals surface area contributed by atoms with Crippen molar-refractivity contribution in [2.75, 3.05) is 0 Å². The fourth-order valence-corrected chi connectivity index (χ4v) is 2.10. The Balaban J connectivity index is 1.68. The summed E-state index contributed by atoms with van der Waals surface area (Å²) in [5.74, 6) is 3.18. The number of rotatable bonds is 4. The Kier molecular flexibility index (Phi) is 4.22. The van der Waals surface area contributed by atoms with Gasteiger partial charge in [-0.05, 0) is 60.7 Å². The van der Waals surface area contributed by atoms with Crippen molar-refractivity contribution in [2.24, 2.45) is 0 Å². The van der Waals surface area contributed by atoms with E-state index in [9.17, 15) is 0 Å². The van der Waals surface area contributed by atoms with Crippen molar-refractivity contribution in [3.05, 3.63) is 83.3 Å². The van der Waals surface area contributed by atoms with Crippen LogP contribution in [0.15, 0.2) is 83.3 Å². The minimum absolute atomic E-state index is 0.776. The lowest BCUT2D eigenvalue weighted by Gasteiger charge is -2.08. The summed E-state index contributed by atoms with van der Waals surface area (Å²) in [4.78, 5) is 0. The smallest absolute Gasteiger partial charge is 0.127 e. The van der Waals surface area contributed by atoms with Crippen LogP contribution in [0.3, 0.4) is 0 Å². The first kappa shape index (κ1) is 13.7. The van der Waals surface area contributed by atoms with Crippen molar-refractivity contribution < 1.29 is 9.47 Å². The number of para-hydroxylation sites is 1. The van der Waals surface area contributed by atoms with Crippen LogP contribution in [-0.2, 0) is 0 Å². The van der Waals surface area contributed by atoms with Crippen molar-refractivity contribution in [1.82, 2.24) is 0 Å². The van der Waals surface area contributed by atoms with Crippen molar-refractivity contribution in [3.63, 3.8) is 0 Å². The summed E-state index contributed by atoms with van der Waals surface area (Å²) in [6.45, 7) is 0. The van der Waals surface area contributed by atoms with Gasteiger partial charge in [-0.2, -0.15) is 0 Å². The van der Waals surface area contributed by atoms with E-state index in [2.05, 4.69) is 15.9 Å². The highest BCUT2D eigenvalue weighted by atomic mass is 79.9. The lowest BCUT2D eigenvalue weighted by Crippen LogP contribution is -1.86. The predicted octanol–water partition coefficient (Wildman–Crippen LogP) is 6.03. The van der Waals surface area contributed by atoms with Gasteiger partial charge in [-0.3, -0.25) is 0 Å². The summed E-state index contributed by atoms with van der Waals surface area (Å²) in [5, 5.41) is 0. The van der Waals surface area contributed by atoms with Crippen molar-refractivity contribution >= 4 is 15.9 Å². The van der Waals surface area contributed by atoms with E-state index in [1.165, 1.54) is 0 Å². The van der Waals surface area contributed by atoms with Crippen LogP contribution in [0, 0.1) is 0 Å². The highest BCUT2D eigenvalue weighted by Crippen LogP contribution is 2.27. The van der Waals surface area contributed by atoms with E-state index in [1.807, 2.05) is 78.9 Å². The van der Waals surface area contributed by atoms with Gasteiger partial charge in [-0.15, -0.1) is 0 Å². The molecule has 0 spiro atoms. The van der Waals surface area contributed by atoms with E-state index >= 15 is 0 Å². The van der Waals surface area contributed by atoms with Gasteiger partial charge in [0, 0.05) is 4.47 Å². The number of hydrogen-bond acceptors (Lipinski definition) is 2. The summed E-state index contributed by atoms with van der Waals surface area (Å²) in [5.41, 5.74) is 0. The Morgan fingerprint density at radius 1 is 0.476 bits per heavy atom. The van der Waals surface area contributed by atoms with Crippen molar-refractivity contribution in [2.45, 2.75) is 0 Å². The third-order valence-electron chi connectivity index (χ3n) is 2.85. The fourth-order valence-electron chi connectivity index (χ4n) is 1.84. The molecule has 3 aromatic carbocycles. The van der Waals surface area contributed by atoms with Gasteiger partial charge in [0.2, 0.25) is 0 Å². The maximum Gasteiger partial charge on any atom is 0.127 e. The molecule has 0 aliphatic carbocycles. The quantitative estimate of drug-likeness (QED) is 0.576. The molecule has 0 atom stereocenters. The Morgan fingerprint density at radius 3 is 1.33 bits per heavy atom. The van der Waals surface area contributed by atoms with E-state index in [0.717, 1.165) is 27.5 Å². The fraction of sp³-hybridized carbons (Fsp3) is 0. The van der Waals surface area contributed by atoms with E-state index in [4.69, 9.17) is 9.47 Å². The number of benzene rings is 3. The summed E-state index contributed by atoms with van der Waals surface area (Å²) >= 11 is 3.40. The first-order chi connectivity index (χ1) is 10.3. The van der Waals surface area contributed by atoms with E-state index in [-0.39, 0.29) is 0 Å². The topological polar surface area (TPSA) is 18.5 Å². The van der Waals surface area contributed by atoms with Crippen LogP contribution in [-0.4, -0.2) is 0 Å². The first-order valence-electron chi connectivity index (χ1n) is 6.56. The molecular weight excluding hydrogens is 328 g/mol. The van der Waals surface area contributed by atoms with Crippen LogP contribution in [0.2, 0.25) is 0 Å². The van der Waals surface area contributed by atoms with Gasteiger partial charge < -0.3 is 9.47 Å². The van der Waals surface area contributed by atoms with Gasteiger partial charge in [0.05, 0.1) is 0 Å². The zero-order valence-electron chi connectivity index (χ0n) is 11.2. The zero-order chi connectivity index (χ0) is 14.5. The van der Waals surface area contributed by atoms with Gasteiger partial charge in [0.25, 0.3) is 0 Å². The molecule has 3 rings (SSSR count). The molecule has 0 saturated carbocycles. The van der Waals surface area contributed by atoms with Crippen LogP contribution in [0.25, 0.3) is 0 Å². The summed E-state index contributed by atoms with van der Waals surface area (Å²) in [7, 11) is 0. The van der Waals surface area contributed by atoms with Crippen LogP contribution in [0.5, 0.6) is 23.0 Å². The Hall–Kier alpha value is -2.26. The summed E-state index contributed by atoms with van der Waals surface area (Å²) in [6.07, 6.45) is 0. The number of ether oxygens (including phenoxy) is 2. The van der Waals surface area contributed by atoms with Gasteiger partial charge in [-0.25, -0.2) is 0 Å². The molecule has 0 amide bonds. The molecule has 0 aromatic heterocycles. The van der Waals surface area contributed by atoms with Crippen LogP contribution in [0.4, 0.5) is 0 Å². The molecule has 3 aromatic rings. The molecule has 0 fully saturated rings. The highest BCUT2D eigenvalue weighted by Gasteiger charge is 2.00. The van der Waals surface area contributed by atoms with Gasteiger partial charge >= 0.3 is 0 Å². The Labute approximate surface area is 132 Å². The van der Waals surface area contributed by atoms with Crippen LogP contribution in [0.1, 0.15) is 0 Å². The Bertz CT molecular complexity index is 692. The lowest BCUT2D eigenvalue weighted by atomic mass is 10.3. The molecule has 0 aliphatic rings. The average Bonchev–Trinajstić information content (AvgIpc) is 2.53. The minimum atomic E-state index is 0.776. The Morgan fingerprint density at radius 2 is 0.857 bits per heavy atom. The monoisotopic (exact) mass is 340 g/mol. The third kappa shape index (κ3) is 3.86. The second kappa shape index (κ2) is 6.46. The molecule has 2 nitrogen and oxygen atoms in total. The predicted molar refractivity (Wildman–Crippen MR) is 87.2 cm³/mol. The molecule has 0 saturated heterocycles. The second-order valence-corrected chi connectivity index (χ2v) is 5.36. The van der Waals surface area contributed by atoms with Crippen LogP contribution < -0.4 is 9.47 Å². The normalized spacial score (nSPS) is 10.1. The molecule has 0 bridgehead atoms. The van der Waals surface area contributed by atoms with E-state index in [0.29, 0.717) is 0 Å². The SMILES string of the molecule is Brc1ccc(Oc2ccc(Oc3ccccc3)cc2)cc1. The highest BCUT2D eigenvalue weighted by molar-refractivity contribution is 9.10. The van der Waals surface area contributed by atoms with Gasteiger partial charge in [0.15, 0.2) is 0 Å². The van der Waals surface area contributed by atoms with Gasteiger partial charge in [0.1, 0.15) is 23.0 Å². The molecule has 3 heteroatoms. The third-order valence-corrected chi connectivity index (χ3v) is 3.38. The number of hydrogen-bond donors (Lipinski definition) is 0. The molecule has 21 heavy (non-hydrogen) atoms. The molecule has 0 heterocycles. The minimum Gasteiger partial charge on any atom is -0.457 e. The van der Waals surface area contributed by atoms with E-state index in [1.54, 1.807) is 0 Å². The lowest BCUT2D eigenvalue weighted by molar-refractivity contribution is 0.469. The standard InChI is InChI=1S/C18H13BrO2/c19-14-6-8-16(9-7-14)21-18-12-10-17(11-13-18)20-15-4-2-1-3-5-15/h1-13H. The molecule has 0 unspecified atom stereocenters. The molecular formula is C18H13BrO2.